The molecule has 1 unspecified atom stereocenters. The Labute approximate surface area is 143 Å². The van der Waals surface area contributed by atoms with Gasteiger partial charge in [0.05, 0.1) is 24.7 Å². The predicted octanol–water partition coefficient (Wildman–Crippen LogP) is 1.87. The lowest BCUT2D eigenvalue weighted by atomic mass is 10.1. The quantitative estimate of drug-likeness (QED) is 0.911. The number of carbonyl (C=O) groups excluding carboxylic acids is 1. The van der Waals surface area contributed by atoms with Crippen LogP contribution in [0.15, 0.2) is 17.6 Å². The van der Waals surface area contributed by atoms with Crippen LogP contribution in [-0.2, 0) is 9.53 Å². The fourth-order valence-electron chi connectivity index (χ4n) is 2.99. The zero-order valence-electron chi connectivity index (χ0n) is 13.6. The van der Waals surface area contributed by atoms with Crippen LogP contribution in [0, 0.1) is 13.8 Å². The molecule has 8 heteroatoms. The molecule has 0 radical (unpaired) electrons. The average molecular weight is 349 g/mol. The summed E-state index contributed by atoms with van der Waals surface area (Å²) < 4.78 is 7.40. The Morgan fingerprint density at radius 1 is 1.46 bits per heavy atom. The number of aliphatic carboxylic acids is 1. The zero-order chi connectivity index (χ0) is 17.3. The van der Waals surface area contributed by atoms with E-state index in [-0.39, 0.29) is 12.3 Å². The summed E-state index contributed by atoms with van der Waals surface area (Å²) in [5, 5.41) is 11.6. The van der Waals surface area contributed by atoms with Gasteiger partial charge in [-0.15, -0.1) is 11.3 Å². The summed E-state index contributed by atoms with van der Waals surface area (Å²) in [6.45, 7) is 4.96. The summed E-state index contributed by atoms with van der Waals surface area (Å²) in [6.07, 6.45) is 1.18. The highest BCUT2D eigenvalue weighted by Gasteiger charge is 2.28. The van der Waals surface area contributed by atoms with Gasteiger partial charge in [-0.2, -0.15) is 0 Å². The van der Waals surface area contributed by atoms with Crippen LogP contribution in [0.5, 0.6) is 0 Å². The van der Waals surface area contributed by atoms with Crippen molar-refractivity contribution in [2.75, 3.05) is 19.7 Å². The third-order valence-electron chi connectivity index (χ3n) is 4.10. The monoisotopic (exact) mass is 349 g/mol. The average Bonchev–Trinajstić information content (AvgIpc) is 3.14. The number of carboxylic acids is 1. The molecule has 7 nitrogen and oxygen atoms in total. The first kappa shape index (κ1) is 16.7. The number of hydrogen-bond acceptors (Lipinski definition) is 5. The van der Waals surface area contributed by atoms with Crippen LogP contribution in [0.4, 0.5) is 0 Å². The number of morpholine rings is 1. The summed E-state index contributed by atoms with van der Waals surface area (Å²) in [5.41, 5.74) is 2.41. The number of ether oxygens (including phenoxy) is 1. The molecule has 1 aliphatic rings. The molecule has 0 saturated carbocycles. The van der Waals surface area contributed by atoms with Crippen LogP contribution in [0.2, 0.25) is 0 Å². The zero-order valence-corrected chi connectivity index (χ0v) is 14.4. The minimum atomic E-state index is -0.920. The summed E-state index contributed by atoms with van der Waals surface area (Å²) in [4.78, 5) is 29.7. The van der Waals surface area contributed by atoms with E-state index >= 15 is 0 Å². The molecule has 1 amide bonds. The van der Waals surface area contributed by atoms with Crippen LogP contribution in [0.3, 0.4) is 0 Å². The summed E-state index contributed by atoms with van der Waals surface area (Å²) in [7, 11) is 0. The molecular weight excluding hydrogens is 330 g/mol. The molecule has 0 bridgehead atoms. The van der Waals surface area contributed by atoms with Crippen molar-refractivity contribution in [1.82, 2.24) is 14.5 Å². The number of aromatic nitrogens is 2. The van der Waals surface area contributed by atoms with Crippen molar-refractivity contribution in [2.45, 2.75) is 26.4 Å². The van der Waals surface area contributed by atoms with Crippen molar-refractivity contribution >= 4 is 23.2 Å². The molecule has 1 aliphatic heterocycles. The fourth-order valence-corrected chi connectivity index (χ4v) is 3.74. The van der Waals surface area contributed by atoms with E-state index in [4.69, 9.17) is 9.84 Å². The first-order valence-corrected chi connectivity index (χ1v) is 8.57. The van der Waals surface area contributed by atoms with E-state index in [9.17, 15) is 9.59 Å². The Bertz CT molecular complexity index is 754. The van der Waals surface area contributed by atoms with E-state index in [1.807, 2.05) is 29.9 Å². The van der Waals surface area contributed by atoms with Crippen LogP contribution < -0.4 is 0 Å². The van der Waals surface area contributed by atoms with E-state index in [0.29, 0.717) is 25.3 Å². The summed E-state index contributed by atoms with van der Waals surface area (Å²) >= 11 is 1.51. The normalized spacial score (nSPS) is 17.9. The van der Waals surface area contributed by atoms with Gasteiger partial charge < -0.3 is 14.7 Å². The van der Waals surface area contributed by atoms with Gasteiger partial charge in [-0.1, -0.05) is 0 Å². The van der Waals surface area contributed by atoms with Crippen molar-refractivity contribution in [1.29, 1.82) is 0 Å². The number of amides is 1. The second-order valence-corrected chi connectivity index (χ2v) is 6.65. The Morgan fingerprint density at radius 3 is 2.92 bits per heavy atom. The number of carboxylic acid groups (broad SMARTS) is 1. The number of thiazole rings is 1. The van der Waals surface area contributed by atoms with Gasteiger partial charge in [0.2, 0.25) is 0 Å². The van der Waals surface area contributed by atoms with Gasteiger partial charge in [-0.25, -0.2) is 4.98 Å². The molecule has 24 heavy (non-hydrogen) atoms. The van der Waals surface area contributed by atoms with E-state index < -0.39 is 12.1 Å². The highest BCUT2D eigenvalue weighted by atomic mass is 32.1. The molecule has 0 aromatic carbocycles. The Hall–Kier alpha value is -2.19. The van der Waals surface area contributed by atoms with E-state index in [1.54, 1.807) is 11.1 Å². The summed E-state index contributed by atoms with van der Waals surface area (Å²) in [6, 6.07) is 1.86. The molecule has 0 spiro atoms. The van der Waals surface area contributed by atoms with E-state index in [0.717, 1.165) is 16.5 Å². The third-order valence-corrected chi connectivity index (χ3v) is 4.86. The lowest BCUT2D eigenvalue weighted by Crippen LogP contribution is -2.46. The second kappa shape index (κ2) is 6.74. The maximum atomic E-state index is 12.9. The molecule has 1 fully saturated rings. The number of rotatable bonds is 4. The Morgan fingerprint density at radius 2 is 2.25 bits per heavy atom. The minimum Gasteiger partial charge on any atom is -0.481 e. The standard InChI is InChI=1S/C16H19N3O4S/c1-10-7-13(11(2)19(10)16-17-3-6-24-16)15(22)18-4-5-23-12(9-18)8-14(20)21/h3,6-7,12H,4-5,8-9H2,1-2H3,(H,20,21). The summed E-state index contributed by atoms with van der Waals surface area (Å²) in [5.74, 6) is -1.01. The van der Waals surface area contributed by atoms with Gasteiger partial charge in [0.1, 0.15) is 0 Å². The van der Waals surface area contributed by atoms with Crippen molar-refractivity contribution in [3.8, 4) is 5.13 Å². The number of hydrogen-bond donors (Lipinski definition) is 1. The molecule has 0 aliphatic carbocycles. The molecule has 128 valence electrons. The van der Waals surface area contributed by atoms with Crippen LogP contribution in [0.1, 0.15) is 28.2 Å². The molecule has 3 rings (SSSR count). The topological polar surface area (TPSA) is 84.7 Å². The molecule has 1 atom stereocenters. The first-order chi connectivity index (χ1) is 11.5. The highest BCUT2D eigenvalue weighted by Crippen LogP contribution is 2.24. The largest absolute Gasteiger partial charge is 0.481 e. The second-order valence-electron chi connectivity index (χ2n) is 5.78. The van der Waals surface area contributed by atoms with Gasteiger partial charge in [-0.3, -0.25) is 14.2 Å². The van der Waals surface area contributed by atoms with Crippen molar-refractivity contribution in [2.24, 2.45) is 0 Å². The lowest BCUT2D eigenvalue weighted by molar-refractivity contribution is -0.141. The van der Waals surface area contributed by atoms with E-state index in [1.165, 1.54) is 11.3 Å². The fraction of sp³-hybridized carbons (Fsp3) is 0.438. The highest BCUT2D eigenvalue weighted by molar-refractivity contribution is 7.12. The molecular formula is C16H19N3O4S. The van der Waals surface area contributed by atoms with Gasteiger partial charge in [0.25, 0.3) is 5.91 Å². The number of nitrogens with zero attached hydrogens (tertiary/aromatic N) is 3. The maximum Gasteiger partial charge on any atom is 0.306 e. The molecule has 2 aromatic rings. The minimum absolute atomic E-state index is 0.0930. The molecule has 2 aromatic heterocycles. The van der Waals surface area contributed by atoms with Crippen LogP contribution in [0.25, 0.3) is 5.13 Å². The van der Waals surface area contributed by atoms with Crippen molar-refractivity contribution in [3.63, 3.8) is 0 Å². The van der Waals surface area contributed by atoms with E-state index in [2.05, 4.69) is 4.98 Å². The first-order valence-electron chi connectivity index (χ1n) is 7.69. The third kappa shape index (κ3) is 3.20. The molecule has 1 N–H and O–H groups in total. The Kier molecular flexibility index (Phi) is 4.68. The van der Waals surface area contributed by atoms with Crippen LogP contribution in [-0.4, -0.2) is 57.2 Å². The SMILES string of the molecule is Cc1cc(C(=O)N2CCOC(CC(=O)O)C2)c(C)n1-c1nccs1. The van der Waals surface area contributed by atoms with Gasteiger partial charge >= 0.3 is 5.97 Å². The smallest absolute Gasteiger partial charge is 0.306 e. The van der Waals surface area contributed by atoms with Crippen LogP contribution >= 0.6 is 11.3 Å². The van der Waals surface area contributed by atoms with Gasteiger partial charge in [0, 0.05) is 36.1 Å². The Balaban J connectivity index is 1.83. The van der Waals surface area contributed by atoms with Crippen molar-refractivity contribution < 1.29 is 19.4 Å². The number of carbonyl (C=O) groups is 2. The molecule has 3 heterocycles. The number of aryl methyl sites for hydroxylation is 1. The maximum absolute atomic E-state index is 12.9. The van der Waals surface area contributed by atoms with Gasteiger partial charge in [-0.05, 0) is 19.9 Å². The lowest BCUT2D eigenvalue weighted by Gasteiger charge is -2.32. The van der Waals surface area contributed by atoms with Crippen molar-refractivity contribution in [3.05, 3.63) is 34.6 Å². The van der Waals surface area contributed by atoms with Gasteiger partial charge in [0.15, 0.2) is 5.13 Å². The molecule has 1 saturated heterocycles. The predicted molar refractivity (Wildman–Crippen MR) is 88.8 cm³/mol.